The largest absolute Gasteiger partial charge is 0.478 e. The third-order valence-corrected chi connectivity index (χ3v) is 5.57. The molecule has 0 spiro atoms. The number of anilines is 5. The molecule has 1 aliphatic heterocycles. The van der Waals surface area contributed by atoms with Crippen LogP contribution in [0.4, 0.5) is 37.6 Å². The zero-order valence-electron chi connectivity index (χ0n) is 19.1. The minimum atomic E-state index is -1.05. The number of nitrogens with one attached hydrogen (secondary N) is 5. The summed E-state index contributed by atoms with van der Waals surface area (Å²) in [5.41, 5.74) is 4.73. The van der Waals surface area contributed by atoms with Crippen LogP contribution in [-0.4, -0.2) is 28.0 Å². The maximum Gasteiger partial charge on any atom is 0.337 e. The van der Waals surface area contributed by atoms with Gasteiger partial charge in [-0.15, -0.1) is 0 Å². The second-order valence-electron chi connectivity index (χ2n) is 8.21. The average Bonchev–Trinajstić information content (AvgIpc) is 3.45. The monoisotopic (exact) mass is 497 g/mol. The summed E-state index contributed by atoms with van der Waals surface area (Å²) in [6.45, 7) is 0. The number of amides is 3. The van der Waals surface area contributed by atoms with Gasteiger partial charge in [0.25, 0.3) is 5.91 Å². The molecule has 0 radical (unpaired) electrons. The van der Waals surface area contributed by atoms with Crippen LogP contribution in [0.3, 0.4) is 0 Å². The van der Waals surface area contributed by atoms with E-state index in [1.807, 2.05) is 12.1 Å². The van der Waals surface area contributed by atoms with Crippen LogP contribution >= 0.6 is 0 Å². The fourth-order valence-corrected chi connectivity index (χ4v) is 3.86. The molecule has 0 fully saturated rings. The van der Waals surface area contributed by atoms with Crippen LogP contribution in [0.5, 0.6) is 0 Å². The first-order valence-electron chi connectivity index (χ1n) is 11.1. The van der Waals surface area contributed by atoms with Gasteiger partial charge >= 0.3 is 12.0 Å². The smallest absolute Gasteiger partial charge is 0.337 e. The molecule has 2 heterocycles. The number of benzene rings is 3. The molecule has 3 aromatic carbocycles. The zero-order chi connectivity index (χ0) is 25.9. The number of hydrogen-bond donors (Lipinski definition) is 6. The van der Waals surface area contributed by atoms with Gasteiger partial charge in [0.1, 0.15) is 5.82 Å². The molecular formula is C27H20FN5O4. The lowest BCUT2D eigenvalue weighted by atomic mass is 10.1. The number of fused-ring (bicyclic) bond motifs is 1. The van der Waals surface area contributed by atoms with Crippen molar-refractivity contribution in [1.82, 2.24) is 4.98 Å². The highest BCUT2D eigenvalue weighted by Crippen LogP contribution is 2.36. The lowest BCUT2D eigenvalue weighted by Crippen LogP contribution is -2.19. The van der Waals surface area contributed by atoms with Crippen molar-refractivity contribution < 1.29 is 23.9 Å². The molecule has 0 saturated carbocycles. The minimum Gasteiger partial charge on any atom is -0.478 e. The number of carboxylic acid groups (broad SMARTS) is 1. The first-order valence-corrected chi connectivity index (χ1v) is 11.1. The number of aromatic amines is 1. The first-order chi connectivity index (χ1) is 17.8. The number of carboxylic acids is 1. The van der Waals surface area contributed by atoms with E-state index in [0.29, 0.717) is 45.3 Å². The summed E-state index contributed by atoms with van der Waals surface area (Å²) >= 11 is 0. The van der Waals surface area contributed by atoms with Gasteiger partial charge in [-0.3, -0.25) is 4.79 Å². The van der Waals surface area contributed by atoms with Crippen molar-refractivity contribution in [2.24, 2.45) is 0 Å². The molecule has 5 rings (SSSR count). The number of rotatable bonds is 6. The molecule has 0 bridgehead atoms. The molecule has 184 valence electrons. The van der Waals surface area contributed by atoms with E-state index in [-0.39, 0.29) is 11.5 Å². The maximum absolute atomic E-state index is 13.0. The molecule has 10 heteroatoms. The Kier molecular flexibility index (Phi) is 6.13. The lowest BCUT2D eigenvalue weighted by molar-refractivity contribution is -0.110. The Balaban J connectivity index is 1.28. The summed E-state index contributed by atoms with van der Waals surface area (Å²) in [7, 11) is 0. The summed E-state index contributed by atoms with van der Waals surface area (Å²) in [6, 6.07) is 18.9. The Morgan fingerprint density at radius 2 is 1.57 bits per heavy atom. The van der Waals surface area contributed by atoms with Gasteiger partial charge in [0.15, 0.2) is 0 Å². The summed E-state index contributed by atoms with van der Waals surface area (Å²) in [4.78, 5) is 38.8. The van der Waals surface area contributed by atoms with Crippen molar-refractivity contribution in [1.29, 1.82) is 0 Å². The van der Waals surface area contributed by atoms with Crippen LogP contribution in [0.15, 0.2) is 79.0 Å². The number of aromatic carboxylic acids is 1. The van der Waals surface area contributed by atoms with Crippen molar-refractivity contribution in [2.75, 3.05) is 21.3 Å². The number of urea groups is 1. The van der Waals surface area contributed by atoms with Gasteiger partial charge in [-0.25, -0.2) is 14.0 Å². The van der Waals surface area contributed by atoms with Crippen LogP contribution in [0.2, 0.25) is 0 Å². The number of halogens is 1. The van der Waals surface area contributed by atoms with Crippen molar-refractivity contribution in [3.63, 3.8) is 0 Å². The van der Waals surface area contributed by atoms with Gasteiger partial charge < -0.3 is 31.4 Å². The fourth-order valence-electron chi connectivity index (χ4n) is 3.86. The molecule has 0 unspecified atom stereocenters. The van der Waals surface area contributed by atoms with E-state index in [4.69, 9.17) is 5.11 Å². The predicted molar refractivity (Wildman–Crippen MR) is 139 cm³/mol. The molecule has 6 N–H and O–H groups in total. The van der Waals surface area contributed by atoms with Crippen molar-refractivity contribution in [3.8, 4) is 0 Å². The molecule has 1 aliphatic rings. The standard InChI is InChI=1S/C27H20FN5O4/c28-16-4-6-17(7-5-16)31-27(37)32-19-3-1-2-18(11-19)30-20-8-9-22-23(25(34)33-24(22)13-20)12-21-10-15(14-29-21)26(35)36/h1-14,29-30H,(H,33,34)(H,35,36)(H2,31,32,37)/b23-12+. The average molecular weight is 497 g/mol. The number of hydrogen-bond acceptors (Lipinski definition) is 4. The fraction of sp³-hybridized carbons (Fsp3) is 0. The Hall–Kier alpha value is -5.38. The van der Waals surface area contributed by atoms with Crippen molar-refractivity contribution in [3.05, 3.63) is 102 Å². The highest BCUT2D eigenvalue weighted by Gasteiger charge is 2.24. The first kappa shape index (κ1) is 23.4. The third-order valence-electron chi connectivity index (χ3n) is 5.57. The van der Waals surface area contributed by atoms with Gasteiger partial charge in [0, 0.05) is 40.2 Å². The van der Waals surface area contributed by atoms with Gasteiger partial charge in [-0.05, 0) is 66.7 Å². The van der Waals surface area contributed by atoms with E-state index < -0.39 is 17.8 Å². The Labute approximate surface area is 210 Å². The van der Waals surface area contributed by atoms with E-state index in [2.05, 4.69) is 26.3 Å². The number of aromatic nitrogens is 1. The van der Waals surface area contributed by atoms with Gasteiger partial charge in [-0.2, -0.15) is 0 Å². The van der Waals surface area contributed by atoms with Crippen LogP contribution in [0.1, 0.15) is 21.6 Å². The topological polar surface area (TPSA) is 135 Å². The molecule has 4 aromatic rings. The SMILES string of the molecule is O=C(Nc1ccc(F)cc1)Nc1cccc(Nc2ccc3c(c2)NC(=O)/C3=C/c2cc(C(=O)O)c[nH]2)c1. The van der Waals surface area contributed by atoms with Crippen molar-refractivity contribution >= 4 is 58.0 Å². The second kappa shape index (κ2) is 9.70. The Bertz CT molecular complexity index is 1560. The van der Waals surface area contributed by atoms with Gasteiger partial charge in [0.05, 0.1) is 16.8 Å². The highest BCUT2D eigenvalue weighted by atomic mass is 19.1. The van der Waals surface area contributed by atoms with E-state index in [9.17, 15) is 18.8 Å². The summed E-state index contributed by atoms with van der Waals surface area (Å²) in [5, 5.41) is 20.5. The normalized spacial score (nSPS) is 13.1. The lowest BCUT2D eigenvalue weighted by Gasteiger charge is -2.11. The summed E-state index contributed by atoms with van der Waals surface area (Å²) in [5.74, 6) is -1.74. The van der Waals surface area contributed by atoms with E-state index in [1.54, 1.807) is 36.4 Å². The van der Waals surface area contributed by atoms with Gasteiger partial charge in [-0.1, -0.05) is 12.1 Å². The highest BCUT2D eigenvalue weighted by molar-refractivity contribution is 6.35. The zero-order valence-corrected chi connectivity index (χ0v) is 19.1. The molecule has 1 aromatic heterocycles. The Morgan fingerprint density at radius 3 is 2.32 bits per heavy atom. The van der Waals surface area contributed by atoms with Crippen LogP contribution in [0.25, 0.3) is 11.6 Å². The molecule has 37 heavy (non-hydrogen) atoms. The number of carbonyl (C=O) groups is 3. The van der Waals surface area contributed by atoms with E-state index >= 15 is 0 Å². The minimum absolute atomic E-state index is 0.106. The summed E-state index contributed by atoms with van der Waals surface area (Å²) in [6.07, 6.45) is 2.97. The Morgan fingerprint density at radius 1 is 0.865 bits per heavy atom. The van der Waals surface area contributed by atoms with Crippen molar-refractivity contribution in [2.45, 2.75) is 0 Å². The van der Waals surface area contributed by atoms with Gasteiger partial charge in [0.2, 0.25) is 0 Å². The number of H-pyrrole nitrogens is 1. The van der Waals surface area contributed by atoms with Crippen LogP contribution in [0, 0.1) is 5.82 Å². The predicted octanol–water partition coefficient (Wildman–Crippen LogP) is 5.73. The van der Waals surface area contributed by atoms with Crippen LogP contribution < -0.4 is 21.3 Å². The quantitative estimate of drug-likeness (QED) is 0.189. The molecular weight excluding hydrogens is 477 g/mol. The third kappa shape index (κ3) is 5.33. The second-order valence-corrected chi connectivity index (χ2v) is 8.21. The van der Waals surface area contributed by atoms with E-state index in [0.717, 1.165) is 0 Å². The maximum atomic E-state index is 13.0. The molecule has 0 aliphatic carbocycles. The number of carbonyl (C=O) groups excluding carboxylic acids is 2. The van der Waals surface area contributed by atoms with E-state index in [1.165, 1.54) is 36.5 Å². The molecule has 0 saturated heterocycles. The summed E-state index contributed by atoms with van der Waals surface area (Å²) < 4.78 is 13.0. The molecule has 3 amide bonds. The van der Waals surface area contributed by atoms with Crippen LogP contribution in [-0.2, 0) is 4.79 Å². The molecule has 9 nitrogen and oxygen atoms in total. The molecule has 0 atom stereocenters.